The van der Waals surface area contributed by atoms with E-state index in [2.05, 4.69) is 19.1 Å². The highest BCUT2D eigenvalue weighted by Crippen LogP contribution is 2.41. The van der Waals surface area contributed by atoms with Crippen LogP contribution >= 0.6 is 11.8 Å². The summed E-state index contributed by atoms with van der Waals surface area (Å²) in [6, 6.07) is 0. The van der Waals surface area contributed by atoms with Gasteiger partial charge >= 0.3 is 5.97 Å². The molecule has 2 aliphatic rings. The minimum atomic E-state index is -0.738. The molecule has 0 amide bonds. The van der Waals surface area contributed by atoms with E-state index in [0.29, 0.717) is 18.8 Å². The van der Waals surface area contributed by atoms with Gasteiger partial charge in [0.05, 0.1) is 12.2 Å². The van der Waals surface area contributed by atoms with Crippen molar-refractivity contribution in [1.82, 2.24) is 0 Å². The number of hydrogen-bond acceptors (Lipinski definition) is 5. The lowest BCUT2D eigenvalue weighted by atomic mass is 9.88. The molecule has 0 aromatic heterocycles. The number of allylic oxidation sites excluding steroid dienone is 2. The van der Waals surface area contributed by atoms with Crippen LogP contribution in [0.25, 0.3) is 0 Å². The highest BCUT2D eigenvalue weighted by molar-refractivity contribution is 7.99. The van der Waals surface area contributed by atoms with Crippen molar-refractivity contribution in [3.05, 3.63) is 12.2 Å². The van der Waals surface area contributed by atoms with Gasteiger partial charge in [0.15, 0.2) is 6.29 Å². The fourth-order valence-corrected chi connectivity index (χ4v) is 5.97. The first-order chi connectivity index (χ1) is 15.6. The van der Waals surface area contributed by atoms with E-state index < -0.39 is 5.97 Å². The molecule has 0 bridgehead atoms. The second kappa shape index (κ2) is 17.0. The summed E-state index contributed by atoms with van der Waals surface area (Å²) >= 11 is 2.05. The number of thioether (sulfide) groups is 1. The highest BCUT2D eigenvalue weighted by atomic mass is 32.2. The summed E-state index contributed by atoms with van der Waals surface area (Å²) < 4.78 is 12.2. The van der Waals surface area contributed by atoms with Crippen molar-refractivity contribution in [3.63, 3.8) is 0 Å². The van der Waals surface area contributed by atoms with E-state index in [9.17, 15) is 9.90 Å². The molecule has 2 rings (SSSR count). The number of aliphatic carboxylic acids is 1. The molecule has 5 atom stereocenters. The average Bonchev–Trinajstić information content (AvgIpc) is 3.07. The standard InChI is InChI=1S/C26H46O5S/c1-2-3-4-7-12-18-32-19-16-22-21(13-8-5-6-9-14-25(28)29)23(27)20-24(22)31-26-15-10-11-17-30-26/h5,8,21-24,26-27H,2-4,6-7,9-20H2,1H3,(H,28,29)/b8-5-/t21-,22-,23+,24-,26?/m1/s1. The van der Waals surface area contributed by atoms with Gasteiger partial charge in [-0.1, -0.05) is 44.8 Å². The topological polar surface area (TPSA) is 76.0 Å². The van der Waals surface area contributed by atoms with Crippen LogP contribution in [-0.4, -0.2) is 52.8 Å². The van der Waals surface area contributed by atoms with Crippen LogP contribution < -0.4 is 0 Å². The number of aliphatic hydroxyl groups is 1. The molecule has 32 heavy (non-hydrogen) atoms. The summed E-state index contributed by atoms with van der Waals surface area (Å²) in [6.07, 6.45) is 18.0. The molecule has 0 radical (unpaired) electrons. The first-order valence-corrected chi connectivity index (χ1v) is 14.2. The molecule has 0 spiro atoms. The molecule has 1 unspecified atom stereocenters. The summed E-state index contributed by atoms with van der Waals surface area (Å²) in [5, 5.41) is 19.6. The lowest BCUT2D eigenvalue weighted by molar-refractivity contribution is -0.196. The fraction of sp³-hybridized carbons (Fsp3) is 0.885. The molecule has 2 fully saturated rings. The zero-order chi connectivity index (χ0) is 23.0. The largest absolute Gasteiger partial charge is 0.481 e. The van der Waals surface area contributed by atoms with E-state index in [1.165, 1.54) is 37.9 Å². The zero-order valence-corrected chi connectivity index (χ0v) is 20.9. The normalized spacial score (nSPS) is 28.5. The van der Waals surface area contributed by atoms with Crippen LogP contribution in [0.5, 0.6) is 0 Å². The Hall–Kier alpha value is -0.560. The molecule has 186 valence electrons. The Morgan fingerprint density at radius 2 is 1.94 bits per heavy atom. The number of carboxylic acids is 1. The van der Waals surface area contributed by atoms with Crippen molar-refractivity contribution in [2.45, 2.75) is 115 Å². The summed E-state index contributed by atoms with van der Waals surface area (Å²) in [5.41, 5.74) is 0. The number of aliphatic hydroxyl groups excluding tert-OH is 1. The van der Waals surface area contributed by atoms with Crippen LogP contribution in [-0.2, 0) is 14.3 Å². The van der Waals surface area contributed by atoms with Gasteiger partial charge < -0.3 is 19.7 Å². The number of ether oxygens (including phenoxy) is 2. The van der Waals surface area contributed by atoms with Gasteiger partial charge in [-0.15, -0.1) is 0 Å². The van der Waals surface area contributed by atoms with Gasteiger partial charge in [-0.2, -0.15) is 11.8 Å². The van der Waals surface area contributed by atoms with E-state index in [4.69, 9.17) is 14.6 Å². The van der Waals surface area contributed by atoms with E-state index in [1.54, 1.807) is 0 Å². The summed E-state index contributed by atoms with van der Waals surface area (Å²) in [5.74, 6) is 2.17. The molecule has 2 N–H and O–H groups in total. The van der Waals surface area contributed by atoms with Crippen molar-refractivity contribution in [2.75, 3.05) is 18.1 Å². The molecule has 1 saturated carbocycles. The highest BCUT2D eigenvalue weighted by Gasteiger charge is 2.43. The molecule has 1 heterocycles. The van der Waals surface area contributed by atoms with Crippen LogP contribution in [0.2, 0.25) is 0 Å². The van der Waals surface area contributed by atoms with E-state index in [-0.39, 0.29) is 30.8 Å². The Morgan fingerprint density at radius 1 is 1.09 bits per heavy atom. The lowest BCUT2D eigenvalue weighted by Crippen LogP contribution is -2.31. The fourth-order valence-electron chi connectivity index (χ4n) is 4.92. The summed E-state index contributed by atoms with van der Waals surface area (Å²) in [6.45, 7) is 3.03. The van der Waals surface area contributed by atoms with Crippen molar-refractivity contribution < 1.29 is 24.5 Å². The smallest absolute Gasteiger partial charge is 0.303 e. The average molecular weight is 471 g/mol. The molecule has 0 aromatic rings. The van der Waals surface area contributed by atoms with Crippen LogP contribution in [0, 0.1) is 11.8 Å². The summed E-state index contributed by atoms with van der Waals surface area (Å²) in [7, 11) is 0. The minimum absolute atomic E-state index is 0.0728. The van der Waals surface area contributed by atoms with Gasteiger partial charge in [-0.25, -0.2) is 0 Å². The van der Waals surface area contributed by atoms with Crippen molar-refractivity contribution in [2.24, 2.45) is 11.8 Å². The first kappa shape index (κ1) is 27.7. The van der Waals surface area contributed by atoms with Crippen molar-refractivity contribution >= 4 is 17.7 Å². The Labute approximate surface area is 199 Å². The number of carboxylic acid groups (broad SMARTS) is 1. The third-order valence-electron chi connectivity index (χ3n) is 6.78. The predicted octanol–water partition coefficient (Wildman–Crippen LogP) is 6.19. The first-order valence-electron chi connectivity index (χ1n) is 13.0. The maximum absolute atomic E-state index is 10.8. The molecule has 1 aliphatic heterocycles. The Morgan fingerprint density at radius 3 is 2.69 bits per heavy atom. The van der Waals surface area contributed by atoms with Gasteiger partial charge in [0, 0.05) is 19.4 Å². The Balaban J connectivity index is 1.81. The van der Waals surface area contributed by atoms with Crippen molar-refractivity contribution in [1.29, 1.82) is 0 Å². The second-order valence-electron chi connectivity index (χ2n) is 9.41. The van der Waals surface area contributed by atoms with Gasteiger partial charge in [0.25, 0.3) is 0 Å². The lowest BCUT2D eigenvalue weighted by Gasteiger charge is -2.30. The van der Waals surface area contributed by atoms with Gasteiger partial charge in [-0.05, 0) is 74.7 Å². The molecular formula is C26H46O5S. The maximum atomic E-state index is 10.8. The van der Waals surface area contributed by atoms with Gasteiger partial charge in [0.2, 0.25) is 0 Å². The molecule has 6 heteroatoms. The van der Waals surface area contributed by atoms with E-state index in [0.717, 1.165) is 50.9 Å². The van der Waals surface area contributed by atoms with Crippen LogP contribution in [0.15, 0.2) is 12.2 Å². The molecule has 1 saturated heterocycles. The summed E-state index contributed by atoms with van der Waals surface area (Å²) in [4.78, 5) is 10.7. The monoisotopic (exact) mass is 470 g/mol. The van der Waals surface area contributed by atoms with Crippen LogP contribution in [0.1, 0.15) is 96.8 Å². The molecule has 5 nitrogen and oxygen atoms in total. The Bertz CT molecular complexity index is 520. The molecule has 1 aliphatic carbocycles. The predicted molar refractivity (Wildman–Crippen MR) is 132 cm³/mol. The van der Waals surface area contributed by atoms with E-state index >= 15 is 0 Å². The Kier molecular flexibility index (Phi) is 14.7. The SMILES string of the molecule is CCCCCCCSCC[C@@H]1[C@@H](C/C=C\CCCC(=O)O)[C@@H](O)C[C@H]1OC1CCCCO1. The van der Waals surface area contributed by atoms with Crippen LogP contribution in [0.3, 0.4) is 0 Å². The molecule has 0 aromatic carbocycles. The number of rotatable bonds is 17. The minimum Gasteiger partial charge on any atom is -0.481 e. The quantitative estimate of drug-likeness (QED) is 0.195. The van der Waals surface area contributed by atoms with E-state index in [1.807, 2.05) is 11.8 Å². The number of carbonyl (C=O) groups is 1. The third-order valence-corrected chi connectivity index (χ3v) is 7.89. The van der Waals surface area contributed by atoms with Gasteiger partial charge in [-0.3, -0.25) is 4.79 Å². The third kappa shape index (κ3) is 11.0. The maximum Gasteiger partial charge on any atom is 0.303 e. The van der Waals surface area contributed by atoms with Crippen molar-refractivity contribution in [3.8, 4) is 0 Å². The van der Waals surface area contributed by atoms with Gasteiger partial charge in [0.1, 0.15) is 0 Å². The molecular weight excluding hydrogens is 424 g/mol. The number of unbranched alkanes of at least 4 members (excludes halogenated alkanes) is 5. The zero-order valence-electron chi connectivity index (χ0n) is 20.1. The number of hydrogen-bond donors (Lipinski definition) is 2. The van der Waals surface area contributed by atoms with Crippen LogP contribution in [0.4, 0.5) is 0 Å². The second-order valence-corrected chi connectivity index (χ2v) is 10.6.